The van der Waals surface area contributed by atoms with Gasteiger partial charge in [0.05, 0.1) is 12.6 Å². The second-order valence-electron chi connectivity index (χ2n) is 6.87. The minimum absolute atomic E-state index is 0.0103. The molecular formula is C17H19N3O3. The number of aromatic amines is 1. The van der Waals surface area contributed by atoms with Crippen LogP contribution in [0.15, 0.2) is 18.2 Å². The Morgan fingerprint density at radius 3 is 3.00 bits per heavy atom. The van der Waals surface area contributed by atoms with Crippen molar-refractivity contribution in [2.45, 2.75) is 30.9 Å². The number of H-pyrrole nitrogens is 1. The van der Waals surface area contributed by atoms with Crippen molar-refractivity contribution in [3.8, 4) is 5.75 Å². The maximum atomic E-state index is 12.6. The van der Waals surface area contributed by atoms with Gasteiger partial charge in [-0.2, -0.15) is 5.10 Å². The van der Waals surface area contributed by atoms with E-state index in [1.807, 2.05) is 18.2 Å². The zero-order chi connectivity index (χ0) is 15.6. The summed E-state index contributed by atoms with van der Waals surface area (Å²) in [4.78, 5) is 15.1. The van der Waals surface area contributed by atoms with Gasteiger partial charge in [-0.05, 0) is 37.5 Å². The summed E-state index contributed by atoms with van der Waals surface area (Å²) in [5.41, 5.74) is 1.52. The molecule has 1 saturated carbocycles. The van der Waals surface area contributed by atoms with Gasteiger partial charge in [-0.25, -0.2) is 4.79 Å². The van der Waals surface area contributed by atoms with Crippen LogP contribution < -0.4 is 4.74 Å². The lowest BCUT2D eigenvalue weighted by molar-refractivity contribution is -0.0772. The molecular weight excluding hydrogens is 294 g/mol. The summed E-state index contributed by atoms with van der Waals surface area (Å²) in [7, 11) is 1.61. The van der Waals surface area contributed by atoms with Crippen LogP contribution in [0.3, 0.4) is 0 Å². The van der Waals surface area contributed by atoms with Crippen LogP contribution in [0.25, 0.3) is 10.9 Å². The summed E-state index contributed by atoms with van der Waals surface area (Å²) < 4.78 is 11.1. The first-order chi connectivity index (χ1) is 11.2. The number of rotatable bonds is 3. The fraction of sp³-hybridized carbons (Fsp3) is 0.529. The number of carbonyl (C=O) groups is 1. The number of esters is 1. The number of fused-ring (bicyclic) bond motifs is 1. The molecule has 1 aliphatic carbocycles. The predicted molar refractivity (Wildman–Crippen MR) is 83.5 cm³/mol. The van der Waals surface area contributed by atoms with Gasteiger partial charge in [-0.1, -0.05) is 0 Å². The van der Waals surface area contributed by atoms with E-state index >= 15 is 0 Å². The molecule has 0 amide bonds. The smallest absolute Gasteiger partial charge is 0.359 e. The first kappa shape index (κ1) is 13.4. The van der Waals surface area contributed by atoms with Crippen LogP contribution >= 0.6 is 0 Å². The van der Waals surface area contributed by atoms with Crippen LogP contribution in [0.1, 0.15) is 29.8 Å². The number of hydrogen-bond acceptors (Lipinski definition) is 5. The van der Waals surface area contributed by atoms with Crippen LogP contribution in [-0.2, 0) is 4.74 Å². The number of nitrogens with one attached hydrogen (secondary N) is 1. The Hall–Kier alpha value is -2.08. The van der Waals surface area contributed by atoms with E-state index in [-0.39, 0.29) is 12.1 Å². The van der Waals surface area contributed by atoms with E-state index in [9.17, 15) is 4.79 Å². The lowest BCUT2D eigenvalue weighted by Gasteiger charge is -2.57. The summed E-state index contributed by atoms with van der Waals surface area (Å²) in [6.07, 6.45) is 3.70. The molecule has 1 aromatic carbocycles. The first-order valence-corrected chi connectivity index (χ1v) is 8.19. The summed E-state index contributed by atoms with van der Waals surface area (Å²) in [5.74, 6) is 0.884. The van der Waals surface area contributed by atoms with E-state index in [4.69, 9.17) is 9.47 Å². The Bertz CT molecular complexity index is 797. The fourth-order valence-corrected chi connectivity index (χ4v) is 4.64. The maximum Gasteiger partial charge on any atom is 0.359 e. The molecule has 0 radical (unpaired) electrons. The van der Waals surface area contributed by atoms with Gasteiger partial charge in [-0.3, -0.25) is 10.00 Å². The van der Waals surface area contributed by atoms with Crippen molar-refractivity contribution < 1.29 is 14.3 Å². The summed E-state index contributed by atoms with van der Waals surface area (Å²) in [6, 6.07) is 5.53. The zero-order valence-corrected chi connectivity index (χ0v) is 13.0. The predicted octanol–water partition coefficient (Wildman–Crippen LogP) is 1.97. The number of carbonyl (C=O) groups excluding carboxylic acids is 1. The molecule has 1 spiro atoms. The van der Waals surface area contributed by atoms with Crippen molar-refractivity contribution in [3.05, 3.63) is 23.9 Å². The minimum Gasteiger partial charge on any atom is -0.497 e. The van der Waals surface area contributed by atoms with Crippen molar-refractivity contribution in [3.63, 3.8) is 0 Å². The molecule has 2 aliphatic heterocycles. The van der Waals surface area contributed by atoms with Gasteiger partial charge in [0.2, 0.25) is 0 Å². The van der Waals surface area contributed by atoms with Crippen LogP contribution in [-0.4, -0.2) is 52.9 Å². The van der Waals surface area contributed by atoms with Crippen LogP contribution in [0.4, 0.5) is 0 Å². The third-order valence-corrected chi connectivity index (χ3v) is 6.09. The van der Waals surface area contributed by atoms with Gasteiger partial charge in [0.15, 0.2) is 5.69 Å². The lowest BCUT2D eigenvalue weighted by Crippen LogP contribution is -2.63. The molecule has 1 aromatic heterocycles. The third-order valence-electron chi connectivity index (χ3n) is 6.09. The SMILES string of the molecule is COc1ccc2[nH]nc(C(=O)OC3CN4CCC45CCC35)c2c1. The molecule has 6 nitrogen and oxygen atoms in total. The fourth-order valence-electron chi connectivity index (χ4n) is 4.64. The van der Waals surface area contributed by atoms with Crippen LogP contribution in [0.5, 0.6) is 5.75 Å². The van der Waals surface area contributed by atoms with Crippen molar-refractivity contribution in [1.82, 2.24) is 15.1 Å². The second kappa shape index (κ2) is 4.47. The highest BCUT2D eigenvalue weighted by atomic mass is 16.5. The van der Waals surface area contributed by atoms with Gasteiger partial charge >= 0.3 is 5.97 Å². The molecule has 1 N–H and O–H groups in total. The number of ether oxygens (including phenoxy) is 2. The number of benzene rings is 1. The minimum atomic E-state index is -0.334. The largest absolute Gasteiger partial charge is 0.497 e. The summed E-state index contributed by atoms with van der Waals surface area (Å²) >= 11 is 0. The molecule has 3 fully saturated rings. The van der Waals surface area contributed by atoms with Crippen molar-refractivity contribution in [2.24, 2.45) is 5.92 Å². The topological polar surface area (TPSA) is 67.4 Å². The Morgan fingerprint density at radius 1 is 1.43 bits per heavy atom. The van der Waals surface area contributed by atoms with E-state index in [1.54, 1.807) is 7.11 Å². The molecule has 5 rings (SSSR count). The highest BCUT2D eigenvalue weighted by Gasteiger charge is 2.64. The quantitative estimate of drug-likeness (QED) is 0.878. The number of aromatic nitrogens is 2. The van der Waals surface area contributed by atoms with E-state index in [0.29, 0.717) is 22.9 Å². The van der Waals surface area contributed by atoms with E-state index in [2.05, 4.69) is 15.1 Å². The summed E-state index contributed by atoms with van der Waals surface area (Å²) in [6.45, 7) is 2.02. The van der Waals surface area contributed by atoms with Gasteiger partial charge in [-0.15, -0.1) is 0 Å². The standard InChI is InChI=1S/C17H19N3O3/c1-22-10-2-3-13-11(8-10)15(19-18-13)16(21)23-14-9-20-7-6-17(20)5-4-12(14)17/h2-3,8,12,14H,4-7,9H2,1H3,(H,18,19). The molecule has 2 saturated heterocycles. The average molecular weight is 313 g/mol. The highest BCUT2D eigenvalue weighted by molar-refractivity contribution is 6.02. The Kier molecular flexibility index (Phi) is 2.60. The molecule has 3 unspecified atom stereocenters. The van der Waals surface area contributed by atoms with Gasteiger partial charge in [0, 0.05) is 29.9 Å². The molecule has 3 heterocycles. The highest BCUT2D eigenvalue weighted by Crippen LogP contribution is 2.58. The lowest BCUT2D eigenvalue weighted by atomic mass is 9.61. The van der Waals surface area contributed by atoms with Gasteiger partial charge in [0.25, 0.3) is 0 Å². The molecule has 23 heavy (non-hydrogen) atoms. The number of hydrogen-bond donors (Lipinski definition) is 1. The molecule has 6 heteroatoms. The van der Waals surface area contributed by atoms with Crippen molar-refractivity contribution in [1.29, 1.82) is 0 Å². The maximum absolute atomic E-state index is 12.6. The zero-order valence-electron chi connectivity index (χ0n) is 13.0. The van der Waals surface area contributed by atoms with Gasteiger partial charge < -0.3 is 9.47 Å². The van der Waals surface area contributed by atoms with Crippen LogP contribution in [0.2, 0.25) is 0 Å². The molecule has 3 atom stereocenters. The molecule has 0 bridgehead atoms. The Labute approximate surface area is 133 Å². The monoisotopic (exact) mass is 313 g/mol. The third kappa shape index (κ3) is 1.67. The van der Waals surface area contributed by atoms with Crippen molar-refractivity contribution >= 4 is 16.9 Å². The van der Waals surface area contributed by atoms with E-state index in [1.165, 1.54) is 19.3 Å². The summed E-state index contributed by atoms with van der Waals surface area (Å²) in [5, 5.41) is 7.80. The van der Waals surface area contributed by atoms with Crippen molar-refractivity contribution in [2.75, 3.05) is 20.2 Å². The first-order valence-electron chi connectivity index (χ1n) is 8.19. The average Bonchev–Trinajstić information content (AvgIpc) is 2.97. The Balaban J connectivity index is 1.41. The van der Waals surface area contributed by atoms with Crippen LogP contribution in [0, 0.1) is 5.92 Å². The van der Waals surface area contributed by atoms with Gasteiger partial charge in [0.1, 0.15) is 11.9 Å². The second-order valence-corrected chi connectivity index (χ2v) is 6.87. The van der Waals surface area contributed by atoms with E-state index < -0.39 is 0 Å². The number of nitrogens with zero attached hydrogens (tertiary/aromatic N) is 2. The normalized spacial score (nSPS) is 31.9. The molecule has 120 valence electrons. The van der Waals surface area contributed by atoms with E-state index in [0.717, 1.165) is 24.0 Å². The molecule has 3 aliphatic rings. The number of methoxy groups -OCH3 is 1. The molecule has 2 aromatic rings. The Morgan fingerprint density at radius 2 is 2.35 bits per heavy atom.